The van der Waals surface area contributed by atoms with E-state index in [4.69, 9.17) is 9.47 Å². The van der Waals surface area contributed by atoms with Crippen molar-refractivity contribution >= 4 is 0 Å². The number of methoxy groups -OCH3 is 1. The molecule has 0 amide bonds. The van der Waals surface area contributed by atoms with E-state index in [2.05, 4.69) is 38.2 Å². The summed E-state index contributed by atoms with van der Waals surface area (Å²) in [6.45, 7) is 9.99. The lowest BCUT2D eigenvalue weighted by molar-refractivity contribution is 0.177. The van der Waals surface area contributed by atoms with Crippen LogP contribution in [0.15, 0.2) is 24.3 Å². The molecule has 1 aromatic rings. The van der Waals surface area contributed by atoms with Crippen LogP contribution < -0.4 is 10.1 Å². The highest BCUT2D eigenvalue weighted by Crippen LogP contribution is 2.18. The van der Waals surface area contributed by atoms with Crippen LogP contribution >= 0.6 is 0 Å². The molecule has 19 heavy (non-hydrogen) atoms. The van der Waals surface area contributed by atoms with E-state index in [0.29, 0.717) is 0 Å². The Balaban J connectivity index is 2.40. The van der Waals surface area contributed by atoms with Gasteiger partial charge >= 0.3 is 0 Å². The summed E-state index contributed by atoms with van der Waals surface area (Å²) in [6.07, 6.45) is 0.947. The van der Waals surface area contributed by atoms with Crippen molar-refractivity contribution in [3.05, 3.63) is 29.8 Å². The van der Waals surface area contributed by atoms with Crippen LogP contribution in [-0.2, 0) is 11.2 Å². The van der Waals surface area contributed by atoms with Gasteiger partial charge in [-0.3, -0.25) is 0 Å². The molecule has 0 aliphatic carbocycles. The Kier molecular flexibility index (Phi) is 6.89. The van der Waals surface area contributed by atoms with E-state index in [0.717, 1.165) is 38.5 Å². The molecule has 0 heterocycles. The molecule has 0 fully saturated rings. The molecule has 0 aliphatic rings. The average molecular weight is 265 g/mol. The molecule has 0 unspecified atom stereocenters. The maximum Gasteiger partial charge on any atom is 0.119 e. The van der Waals surface area contributed by atoms with Gasteiger partial charge in [-0.1, -0.05) is 32.9 Å². The fraction of sp³-hybridized carbons (Fsp3) is 0.625. The fourth-order valence-corrected chi connectivity index (χ4v) is 1.77. The number of hydrogen-bond acceptors (Lipinski definition) is 3. The van der Waals surface area contributed by atoms with Crippen LogP contribution in [0, 0.1) is 5.41 Å². The van der Waals surface area contributed by atoms with Gasteiger partial charge in [0.05, 0.1) is 13.2 Å². The zero-order chi connectivity index (χ0) is 14.1. The first-order valence-electron chi connectivity index (χ1n) is 6.99. The number of hydrogen-bond donors (Lipinski definition) is 1. The molecule has 1 aromatic carbocycles. The van der Waals surface area contributed by atoms with E-state index in [1.54, 1.807) is 7.11 Å². The van der Waals surface area contributed by atoms with E-state index < -0.39 is 0 Å². The van der Waals surface area contributed by atoms with Crippen molar-refractivity contribution in [1.29, 1.82) is 0 Å². The molecule has 0 radical (unpaired) electrons. The molecule has 0 aliphatic heterocycles. The molecule has 0 spiro atoms. The Labute approximate surface area is 117 Å². The molecule has 3 nitrogen and oxygen atoms in total. The first-order chi connectivity index (χ1) is 9.07. The minimum Gasteiger partial charge on any atom is -0.493 e. The average Bonchev–Trinajstić information content (AvgIpc) is 2.42. The van der Waals surface area contributed by atoms with E-state index in [-0.39, 0.29) is 5.41 Å². The van der Waals surface area contributed by atoms with Crippen LogP contribution in [-0.4, -0.2) is 33.4 Å². The summed E-state index contributed by atoms with van der Waals surface area (Å²) in [5, 5.41) is 3.36. The summed E-state index contributed by atoms with van der Waals surface area (Å²) in [7, 11) is 1.73. The minimum absolute atomic E-state index is 0.144. The van der Waals surface area contributed by atoms with Crippen molar-refractivity contribution in [3.8, 4) is 5.75 Å². The summed E-state index contributed by atoms with van der Waals surface area (Å²) in [5.41, 5.74) is 1.42. The van der Waals surface area contributed by atoms with E-state index in [1.807, 2.05) is 12.1 Å². The monoisotopic (exact) mass is 265 g/mol. The van der Waals surface area contributed by atoms with Gasteiger partial charge in [-0.25, -0.2) is 0 Å². The fourth-order valence-electron chi connectivity index (χ4n) is 1.77. The number of benzene rings is 1. The first-order valence-corrected chi connectivity index (χ1v) is 6.99. The topological polar surface area (TPSA) is 30.5 Å². The summed E-state index contributed by atoms with van der Waals surface area (Å²) in [6, 6.07) is 8.28. The van der Waals surface area contributed by atoms with Gasteiger partial charge in [0.25, 0.3) is 0 Å². The third-order valence-electron chi connectivity index (χ3n) is 3.00. The molecule has 0 aromatic heterocycles. The van der Waals surface area contributed by atoms with Crippen LogP contribution in [0.2, 0.25) is 0 Å². The predicted octanol–water partition coefficient (Wildman–Crippen LogP) is 2.89. The maximum atomic E-state index is 5.86. The molecule has 0 saturated heterocycles. The first kappa shape index (κ1) is 16.0. The largest absolute Gasteiger partial charge is 0.493 e. The highest BCUT2D eigenvalue weighted by molar-refractivity contribution is 5.27. The number of nitrogens with one attached hydrogen (secondary N) is 1. The van der Waals surface area contributed by atoms with Crippen LogP contribution in [0.3, 0.4) is 0 Å². The molecule has 1 N–H and O–H groups in total. The van der Waals surface area contributed by atoms with Crippen molar-refractivity contribution in [2.45, 2.75) is 27.2 Å². The second-order valence-corrected chi connectivity index (χ2v) is 5.62. The normalized spacial score (nSPS) is 11.6. The van der Waals surface area contributed by atoms with Crippen molar-refractivity contribution < 1.29 is 9.47 Å². The summed E-state index contributed by atoms with van der Waals surface area (Å²) in [5.74, 6) is 0.936. The minimum atomic E-state index is 0.144. The Morgan fingerprint density at radius 3 is 2.42 bits per heavy atom. The quantitative estimate of drug-likeness (QED) is 0.744. The highest BCUT2D eigenvalue weighted by Gasteiger charge is 2.18. The van der Waals surface area contributed by atoms with Gasteiger partial charge in [-0.2, -0.15) is 0 Å². The third kappa shape index (κ3) is 6.60. The lowest BCUT2D eigenvalue weighted by Crippen LogP contribution is -2.34. The molecule has 0 atom stereocenters. The van der Waals surface area contributed by atoms with E-state index >= 15 is 0 Å². The summed E-state index contributed by atoms with van der Waals surface area (Å²) in [4.78, 5) is 0. The second-order valence-electron chi connectivity index (χ2n) is 5.62. The van der Waals surface area contributed by atoms with Crippen LogP contribution in [0.1, 0.15) is 26.3 Å². The number of ether oxygens (including phenoxy) is 2. The molecule has 3 heteroatoms. The van der Waals surface area contributed by atoms with Crippen molar-refractivity contribution in [1.82, 2.24) is 5.32 Å². The van der Waals surface area contributed by atoms with Gasteiger partial charge in [-0.15, -0.1) is 0 Å². The van der Waals surface area contributed by atoms with E-state index in [1.165, 1.54) is 5.56 Å². The van der Waals surface area contributed by atoms with Gasteiger partial charge in [0.15, 0.2) is 0 Å². The van der Waals surface area contributed by atoms with Gasteiger partial charge in [0, 0.05) is 19.1 Å². The Morgan fingerprint density at radius 1 is 1.16 bits per heavy atom. The van der Waals surface area contributed by atoms with Crippen molar-refractivity contribution in [2.24, 2.45) is 5.41 Å². The second kappa shape index (κ2) is 8.18. The van der Waals surface area contributed by atoms with Crippen LogP contribution in [0.25, 0.3) is 0 Å². The lowest BCUT2D eigenvalue weighted by Gasteiger charge is -2.25. The van der Waals surface area contributed by atoms with E-state index in [9.17, 15) is 0 Å². The highest BCUT2D eigenvalue weighted by atomic mass is 16.5. The molecule has 0 saturated carbocycles. The van der Waals surface area contributed by atoms with Gasteiger partial charge in [0.2, 0.25) is 0 Å². The van der Waals surface area contributed by atoms with Crippen LogP contribution in [0.4, 0.5) is 0 Å². The Hall–Kier alpha value is -1.06. The van der Waals surface area contributed by atoms with Crippen molar-refractivity contribution in [2.75, 3.05) is 33.4 Å². The van der Waals surface area contributed by atoms with Crippen LogP contribution in [0.5, 0.6) is 5.75 Å². The zero-order valence-electron chi connectivity index (χ0n) is 12.7. The Bertz CT molecular complexity index is 346. The SMILES string of the molecule is CCNCC(C)(C)COc1ccc(CCOC)cc1. The van der Waals surface area contributed by atoms with Crippen molar-refractivity contribution in [3.63, 3.8) is 0 Å². The Morgan fingerprint density at radius 2 is 1.84 bits per heavy atom. The zero-order valence-corrected chi connectivity index (χ0v) is 12.7. The standard InChI is InChI=1S/C16H27NO2/c1-5-17-12-16(2,3)13-19-15-8-6-14(7-9-15)10-11-18-4/h6-9,17H,5,10-13H2,1-4H3. The molecule has 0 bridgehead atoms. The molecular formula is C16H27NO2. The lowest BCUT2D eigenvalue weighted by atomic mass is 9.95. The summed E-state index contributed by atoms with van der Waals surface area (Å²) >= 11 is 0. The van der Waals surface area contributed by atoms with Gasteiger partial charge in [-0.05, 0) is 30.7 Å². The van der Waals surface area contributed by atoms with Gasteiger partial charge in [0.1, 0.15) is 5.75 Å². The smallest absolute Gasteiger partial charge is 0.119 e. The maximum absolute atomic E-state index is 5.86. The van der Waals surface area contributed by atoms with Gasteiger partial charge < -0.3 is 14.8 Å². The molecule has 108 valence electrons. The summed E-state index contributed by atoms with van der Waals surface area (Å²) < 4.78 is 10.9. The molecule has 1 rings (SSSR count). The predicted molar refractivity (Wildman–Crippen MR) is 79.8 cm³/mol. The molecular weight excluding hydrogens is 238 g/mol. The number of rotatable bonds is 9. The third-order valence-corrected chi connectivity index (χ3v) is 3.00.